The van der Waals surface area contributed by atoms with Crippen molar-refractivity contribution >= 4 is 11.9 Å². The van der Waals surface area contributed by atoms with Crippen LogP contribution >= 0.6 is 0 Å². The zero-order chi connectivity index (χ0) is 24.0. The number of hydrogen-bond acceptors (Lipinski definition) is 9. The molecule has 33 heavy (non-hydrogen) atoms. The summed E-state index contributed by atoms with van der Waals surface area (Å²) in [5, 5.41) is 11.9. The number of esters is 2. The molecule has 180 valence electrons. The zero-order valence-electron chi connectivity index (χ0n) is 19.1. The van der Waals surface area contributed by atoms with Gasteiger partial charge in [-0.25, -0.2) is 4.79 Å². The van der Waals surface area contributed by atoms with Crippen LogP contribution in [0.5, 0.6) is 5.75 Å². The van der Waals surface area contributed by atoms with Crippen LogP contribution in [0.1, 0.15) is 51.0 Å². The third-order valence-electron chi connectivity index (χ3n) is 7.47. The Bertz CT molecular complexity index is 952. The number of fused-ring (bicyclic) bond motifs is 1. The molecule has 0 spiro atoms. The largest absolute Gasteiger partial charge is 0.426 e. The highest BCUT2D eigenvalue weighted by Gasteiger charge is 2.62. The predicted molar refractivity (Wildman–Crippen MR) is 113 cm³/mol. The summed E-state index contributed by atoms with van der Waals surface area (Å²) >= 11 is 0. The monoisotopic (exact) mass is 463 g/mol. The second-order valence-corrected chi connectivity index (χ2v) is 9.07. The van der Waals surface area contributed by atoms with E-state index in [-0.39, 0.29) is 4.92 Å². The van der Waals surface area contributed by atoms with Crippen LogP contribution in [0, 0.1) is 22.0 Å². The second kappa shape index (κ2) is 8.66. The number of benzene rings is 1. The van der Waals surface area contributed by atoms with E-state index in [1.807, 2.05) is 0 Å². The summed E-state index contributed by atoms with van der Waals surface area (Å²) in [5.74, 6) is -6.48. The van der Waals surface area contributed by atoms with E-state index in [9.17, 15) is 19.7 Å². The molecule has 10 nitrogen and oxygen atoms in total. The predicted octanol–water partition coefficient (Wildman–Crippen LogP) is 2.81. The number of cyclic esters (lactones) is 1. The number of carbonyl (C=O) groups is 2. The molecule has 0 amide bonds. The first-order valence-electron chi connectivity index (χ1n) is 11.1. The van der Waals surface area contributed by atoms with Gasteiger partial charge in [0.15, 0.2) is 6.10 Å². The Morgan fingerprint density at radius 3 is 2.33 bits per heavy atom. The SMILES string of the molecule is CO[C@]1(C)OC(=O)[C@H]([C@@H]2c3ccccc3OC(=O)[C@H]2[C@H]2CCCC[C@H]2[N+](=O)[O-])O[C@@]1(C)OC. The number of ether oxygens (including phenoxy) is 5. The van der Waals surface area contributed by atoms with Crippen LogP contribution in [0.2, 0.25) is 0 Å². The van der Waals surface area contributed by atoms with Crippen molar-refractivity contribution in [3.63, 3.8) is 0 Å². The maximum Gasteiger partial charge on any atom is 0.338 e. The first-order valence-corrected chi connectivity index (χ1v) is 11.1. The highest BCUT2D eigenvalue weighted by atomic mass is 16.8. The highest BCUT2D eigenvalue weighted by molar-refractivity contribution is 5.84. The topological polar surface area (TPSA) is 123 Å². The van der Waals surface area contributed by atoms with Crippen molar-refractivity contribution in [2.45, 2.75) is 69.2 Å². The van der Waals surface area contributed by atoms with Gasteiger partial charge in [0.25, 0.3) is 5.79 Å². The molecular weight excluding hydrogens is 434 g/mol. The molecule has 0 bridgehead atoms. The van der Waals surface area contributed by atoms with Crippen molar-refractivity contribution in [1.82, 2.24) is 0 Å². The summed E-state index contributed by atoms with van der Waals surface area (Å²) in [6, 6.07) is 5.93. The van der Waals surface area contributed by atoms with Crippen molar-refractivity contribution < 1.29 is 38.2 Å². The fourth-order valence-electron chi connectivity index (χ4n) is 5.40. The highest BCUT2D eigenvalue weighted by Crippen LogP contribution is 2.50. The summed E-state index contributed by atoms with van der Waals surface area (Å²) in [5.41, 5.74) is 0.566. The third kappa shape index (κ3) is 3.79. The summed E-state index contributed by atoms with van der Waals surface area (Å²) in [6.45, 7) is 3.10. The van der Waals surface area contributed by atoms with Gasteiger partial charge in [-0.3, -0.25) is 14.9 Å². The van der Waals surface area contributed by atoms with Crippen molar-refractivity contribution in [2.75, 3.05) is 14.2 Å². The molecule has 3 aliphatic rings. The average Bonchev–Trinajstić information content (AvgIpc) is 2.80. The van der Waals surface area contributed by atoms with Gasteiger partial charge in [-0.1, -0.05) is 24.6 Å². The molecule has 1 saturated heterocycles. The molecule has 4 rings (SSSR count). The number of rotatable bonds is 5. The quantitative estimate of drug-likeness (QED) is 0.281. The van der Waals surface area contributed by atoms with E-state index < -0.39 is 53.4 Å². The molecule has 1 aliphatic carbocycles. The van der Waals surface area contributed by atoms with E-state index in [2.05, 4.69) is 0 Å². The number of carbonyl (C=O) groups excluding carboxylic acids is 2. The van der Waals surface area contributed by atoms with Gasteiger partial charge in [-0.2, -0.15) is 0 Å². The first-order chi connectivity index (χ1) is 15.7. The Labute approximate surface area is 191 Å². The summed E-state index contributed by atoms with van der Waals surface area (Å²) < 4.78 is 28.4. The molecular formula is C23H29NO9. The Kier molecular flexibility index (Phi) is 6.19. The Hall–Kier alpha value is -2.56. The molecule has 7 atom stereocenters. The van der Waals surface area contributed by atoms with Crippen molar-refractivity contribution in [3.05, 3.63) is 39.9 Å². The number of nitro groups is 1. The molecule has 2 fully saturated rings. The molecule has 1 aromatic carbocycles. The summed E-state index contributed by atoms with van der Waals surface area (Å²) in [4.78, 5) is 38.1. The van der Waals surface area contributed by atoms with E-state index in [1.165, 1.54) is 21.1 Å². The smallest absolute Gasteiger partial charge is 0.338 e. The lowest BCUT2D eigenvalue weighted by Gasteiger charge is -2.50. The van der Waals surface area contributed by atoms with Gasteiger partial charge in [0.2, 0.25) is 11.8 Å². The van der Waals surface area contributed by atoms with E-state index in [0.717, 1.165) is 6.42 Å². The van der Waals surface area contributed by atoms with Gasteiger partial charge in [0.1, 0.15) is 5.75 Å². The minimum absolute atomic E-state index is 0.299. The maximum absolute atomic E-state index is 13.3. The molecule has 0 radical (unpaired) electrons. The van der Waals surface area contributed by atoms with Gasteiger partial charge in [-0.15, -0.1) is 0 Å². The molecule has 0 aromatic heterocycles. The molecule has 1 saturated carbocycles. The second-order valence-electron chi connectivity index (χ2n) is 9.07. The van der Waals surface area contributed by atoms with Crippen LogP contribution in [0.4, 0.5) is 0 Å². The van der Waals surface area contributed by atoms with E-state index in [0.29, 0.717) is 30.6 Å². The lowest BCUT2D eigenvalue weighted by atomic mass is 9.67. The normalized spacial score (nSPS) is 38.7. The summed E-state index contributed by atoms with van der Waals surface area (Å²) in [7, 11) is 2.77. The van der Waals surface area contributed by atoms with Crippen LogP contribution < -0.4 is 4.74 Å². The molecule has 0 N–H and O–H groups in total. The van der Waals surface area contributed by atoms with Crippen LogP contribution in [0.15, 0.2) is 24.3 Å². The van der Waals surface area contributed by atoms with Crippen LogP contribution in [0.25, 0.3) is 0 Å². The minimum atomic E-state index is -1.53. The molecule has 2 heterocycles. The Balaban J connectivity index is 1.82. The summed E-state index contributed by atoms with van der Waals surface area (Å²) in [6.07, 6.45) is 1.04. The van der Waals surface area contributed by atoms with Gasteiger partial charge in [0, 0.05) is 49.9 Å². The molecule has 0 unspecified atom stereocenters. The van der Waals surface area contributed by atoms with Gasteiger partial charge in [-0.05, 0) is 25.8 Å². The van der Waals surface area contributed by atoms with Crippen LogP contribution in [0.3, 0.4) is 0 Å². The van der Waals surface area contributed by atoms with E-state index >= 15 is 0 Å². The molecule has 10 heteroatoms. The molecule has 2 aliphatic heterocycles. The fraction of sp³-hybridized carbons (Fsp3) is 0.652. The fourth-order valence-corrected chi connectivity index (χ4v) is 5.40. The van der Waals surface area contributed by atoms with Gasteiger partial charge in [0.05, 0.1) is 5.92 Å². The van der Waals surface area contributed by atoms with Crippen molar-refractivity contribution in [1.29, 1.82) is 0 Å². The standard InChI is InChI=1S/C23H29NO9/c1-22(29-3)23(2,30-4)33-21(26)19(32-22)17-14-10-6-8-12-16(14)31-20(25)18(17)13-9-5-7-11-15(13)24(27)28/h6,8,10,12-13,15,17-19H,5,7,9,11H2,1-4H3/t13-,15+,17+,18-,19-,22+,23+/m0/s1. The van der Waals surface area contributed by atoms with Crippen LogP contribution in [-0.2, 0) is 28.5 Å². The van der Waals surface area contributed by atoms with Gasteiger partial charge < -0.3 is 23.7 Å². The lowest BCUT2D eigenvalue weighted by molar-refractivity contribution is -0.537. The van der Waals surface area contributed by atoms with E-state index in [1.54, 1.807) is 31.2 Å². The van der Waals surface area contributed by atoms with E-state index in [4.69, 9.17) is 23.7 Å². The Morgan fingerprint density at radius 1 is 1.00 bits per heavy atom. The number of nitrogens with zero attached hydrogens (tertiary/aromatic N) is 1. The lowest BCUT2D eigenvalue weighted by Crippen LogP contribution is -2.66. The number of methoxy groups -OCH3 is 2. The first kappa shape index (κ1) is 23.6. The maximum atomic E-state index is 13.3. The molecule has 1 aromatic rings. The Morgan fingerprint density at radius 2 is 1.67 bits per heavy atom. The average molecular weight is 463 g/mol. The van der Waals surface area contributed by atoms with Crippen molar-refractivity contribution in [3.8, 4) is 5.75 Å². The third-order valence-corrected chi connectivity index (χ3v) is 7.47. The zero-order valence-corrected chi connectivity index (χ0v) is 19.1. The van der Waals surface area contributed by atoms with Crippen LogP contribution in [-0.4, -0.2) is 54.8 Å². The van der Waals surface area contributed by atoms with Crippen molar-refractivity contribution in [2.24, 2.45) is 11.8 Å². The minimum Gasteiger partial charge on any atom is -0.426 e. The van der Waals surface area contributed by atoms with Gasteiger partial charge >= 0.3 is 11.9 Å². The number of para-hydroxylation sites is 1. The number of hydrogen-bond donors (Lipinski definition) is 0.